The first-order chi connectivity index (χ1) is 8.31. The van der Waals surface area contributed by atoms with Gasteiger partial charge in [0.2, 0.25) is 0 Å². The number of benzene rings is 1. The highest BCUT2D eigenvalue weighted by Crippen LogP contribution is 2.26. The Labute approximate surface area is 100 Å². The molecular weight excluding hydrogens is 256 g/mol. The summed E-state index contributed by atoms with van der Waals surface area (Å²) in [6.07, 6.45) is -5.23. The molecule has 7 heteroatoms. The van der Waals surface area contributed by atoms with Crippen molar-refractivity contribution in [3.63, 3.8) is 0 Å². The van der Waals surface area contributed by atoms with E-state index in [1.165, 1.54) is 6.07 Å². The first-order valence-corrected chi connectivity index (χ1v) is 5.01. The van der Waals surface area contributed by atoms with Crippen LogP contribution in [0.15, 0.2) is 18.2 Å². The number of carbonyl (C=O) groups excluding carboxylic acids is 1. The average molecular weight is 266 g/mol. The molecule has 0 aliphatic rings. The Morgan fingerprint density at radius 3 is 2.56 bits per heavy atom. The maximum absolute atomic E-state index is 13.0. The maximum atomic E-state index is 13.0. The lowest BCUT2D eigenvalue weighted by Crippen LogP contribution is -2.18. The fourth-order valence-corrected chi connectivity index (χ4v) is 1.24. The molecule has 0 aromatic heterocycles. The van der Waals surface area contributed by atoms with Crippen LogP contribution in [0.3, 0.4) is 0 Å². The van der Waals surface area contributed by atoms with E-state index in [4.69, 9.17) is 0 Å². The number of halogens is 4. The molecule has 0 heterocycles. The third kappa shape index (κ3) is 4.60. The van der Waals surface area contributed by atoms with Gasteiger partial charge in [0.25, 0.3) is 0 Å². The van der Waals surface area contributed by atoms with Crippen molar-refractivity contribution in [2.24, 2.45) is 0 Å². The quantitative estimate of drug-likeness (QED) is 0.621. The second-order valence-corrected chi connectivity index (χ2v) is 3.29. The number of carbonyl (C=O) groups is 1. The molecule has 100 valence electrons. The number of alkyl halides is 3. The molecule has 0 N–H and O–H groups in total. The number of ether oxygens (including phenoxy) is 2. The van der Waals surface area contributed by atoms with Gasteiger partial charge < -0.3 is 9.47 Å². The lowest BCUT2D eigenvalue weighted by molar-refractivity contribution is -0.275. The summed E-state index contributed by atoms with van der Waals surface area (Å²) in [5, 5.41) is 0. The lowest BCUT2D eigenvalue weighted by atomic mass is 10.1. The van der Waals surface area contributed by atoms with Crippen LogP contribution in [0.2, 0.25) is 0 Å². The van der Waals surface area contributed by atoms with Crippen LogP contribution in [0.1, 0.15) is 12.5 Å². The highest BCUT2D eigenvalue weighted by Gasteiger charge is 2.32. The van der Waals surface area contributed by atoms with Crippen molar-refractivity contribution in [2.75, 3.05) is 6.61 Å². The SMILES string of the molecule is CCOC(=O)Cc1ccc(F)c(OC(F)(F)F)c1. The fourth-order valence-electron chi connectivity index (χ4n) is 1.24. The predicted molar refractivity (Wildman–Crippen MR) is 53.4 cm³/mol. The smallest absolute Gasteiger partial charge is 0.466 e. The van der Waals surface area contributed by atoms with Crippen LogP contribution in [-0.2, 0) is 16.0 Å². The normalized spacial score (nSPS) is 11.2. The van der Waals surface area contributed by atoms with Gasteiger partial charge in [0.05, 0.1) is 13.0 Å². The van der Waals surface area contributed by atoms with Crippen LogP contribution < -0.4 is 4.74 Å². The Hall–Kier alpha value is -1.79. The Balaban J connectivity index is 2.84. The molecule has 0 bridgehead atoms. The van der Waals surface area contributed by atoms with Crippen molar-refractivity contribution in [1.82, 2.24) is 0 Å². The Morgan fingerprint density at radius 1 is 1.33 bits per heavy atom. The third-order valence-electron chi connectivity index (χ3n) is 1.88. The molecule has 0 unspecified atom stereocenters. The monoisotopic (exact) mass is 266 g/mol. The molecule has 0 aliphatic carbocycles. The first kappa shape index (κ1) is 14.3. The van der Waals surface area contributed by atoms with Crippen LogP contribution in [-0.4, -0.2) is 18.9 Å². The summed E-state index contributed by atoms with van der Waals surface area (Å²) in [5.41, 5.74) is 0.175. The van der Waals surface area contributed by atoms with Crippen LogP contribution in [0, 0.1) is 5.82 Å². The molecule has 1 aromatic carbocycles. The summed E-state index contributed by atoms with van der Waals surface area (Å²) in [7, 11) is 0. The van der Waals surface area contributed by atoms with Crippen LogP contribution in [0.25, 0.3) is 0 Å². The van der Waals surface area contributed by atoms with Crippen molar-refractivity contribution < 1.29 is 31.8 Å². The topological polar surface area (TPSA) is 35.5 Å². The van der Waals surface area contributed by atoms with Gasteiger partial charge >= 0.3 is 12.3 Å². The van der Waals surface area contributed by atoms with E-state index >= 15 is 0 Å². The highest BCUT2D eigenvalue weighted by atomic mass is 19.4. The van der Waals surface area contributed by atoms with Gasteiger partial charge in [-0.05, 0) is 24.6 Å². The fraction of sp³-hybridized carbons (Fsp3) is 0.364. The molecule has 0 aliphatic heterocycles. The minimum atomic E-state index is -4.98. The van der Waals surface area contributed by atoms with Gasteiger partial charge in [-0.3, -0.25) is 4.79 Å². The Bertz CT molecular complexity index is 429. The molecule has 18 heavy (non-hydrogen) atoms. The summed E-state index contributed by atoms with van der Waals surface area (Å²) in [6.45, 7) is 1.76. The van der Waals surface area contributed by atoms with Gasteiger partial charge in [0, 0.05) is 0 Å². The zero-order chi connectivity index (χ0) is 13.8. The molecule has 0 saturated carbocycles. The van der Waals surface area contributed by atoms with Crippen molar-refractivity contribution in [3.05, 3.63) is 29.6 Å². The first-order valence-electron chi connectivity index (χ1n) is 5.01. The van der Waals surface area contributed by atoms with Gasteiger partial charge in [-0.15, -0.1) is 13.2 Å². The maximum Gasteiger partial charge on any atom is 0.573 e. The molecular formula is C11H10F4O3. The molecule has 0 fully saturated rings. The molecule has 0 atom stereocenters. The molecule has 0 radical (unpaired) electrons. The minimum Gasteiger partial charge on any atom is -0.466 e. The van der Waals surface area contributed by atoms with E-state index < -0.39 is 23.9 Å². The molecule has 1 rings (SSSR count). The summed E-state index contributed by atoms with van der Waals surface area (Å²) in [4.78, 5) is 11.1. The van der Waals surface area contributed by atoms with Crippen molar-refractivity contribution in [3.8, 4) is 5.75 Å². The number of rotatable bonds is 4. The second kappa shape index (κ2) is 5.70. The van der Waals surface area contributed by atoms with Gasteiger partial charge in [0.1, 0.15) is 0 Å². The molecule has 3 nitrogen and oxygen atoms in total. The van der Waals surface area contributed by atoms with Gasteiger partial charge in [-0.25, -0.2) is 4.39 Å². The number of hydrogen-bond donors (Lipinski definition) is 0. The predicted octanol–water partition coefficient (Wildman–Crippen LogP) is 2.83. The van der Waals surface area contributed by atoms with Gasteiger partial charge in [-0.2, -0.15) is 0 Å². The summed E-state index contributed by atoms with van der Waals surface area (Å²) in [6, 6.07) is 2.81. The summed E-state index contributed by atoms with van der Waals surface area (Å²) in [5.74, 6) is -2.73. The summed E-state index contributed by atoms with van der Waals surface area (Å²) >= 11 is 0. The molecule has 0 spiro atoms. The lowest BCUT2D eigenvalue weighted by Gasteiger charge is -2.10. The van der Waals surface area contributed by atoms with E-state index in [1.54, 1.807) is 6.92 Å². The largest absolute Gasteiger partial charge is 0.573 e. The Kier molecular flexibility index (Phi) is 4.52. The van der Waals surface area contributed by atoms with Crippen molar-refractivity contribution >= 4 is 5.97 Å². The zero-order valence-corrected chi connectivity index (χ0v) is 9.38. The number of esters is 1. The van der Waals surface area contributed by atoms with E-state index in [1.807, 2.05) is 0 Å². The standard InChI is InChI=1S/C11H10F4O3/c1-2-17-10(16)6-7-3-4-8(12)9(5-7)18-11(13,14)15/h3-5H,2,6H2,1H3. The van der Waals surface area contributed by atoms with Crippen LogP contribution in [0.4, 0.5) is 17.6 Å². The van der Waals surface area contributed by atoms with Crippen molar-refractivity contribution in [1.29, 1.82) is 0 Å². The minimum absolute atomic E-state index is 0.159. The van der Waals surface area contributed by atoms with E-state index in [0.717, 1.165) is 12.1 Å². The zero-order valence-electron chi connectivity index (χ0n) is 9.38. The van der Waals surface area contributed by atoms with E-state index in [2.05, 4.69) is 9.47 Å². The number of hydrogen-bond acceptors (Lipinski definition) is 3. The summed E-state index contributed by atoms with van der Waals surface area (Å²) < 4.78 is 57.0. The average Bonchev–Trinajstić information content (AvgIpc) is 2.21. The van der Waals surface area contributed by atoms with E-state index in [9.17, 15) is 22.4 Å². The van der Waals surface area contributed by atoms with E-state index in [-0.39, 0.29) is 18.6 Å². The molecule has 1 aromatic rings. The second-order valence-electron chi connectivity index (χ2n) is 3.29. The molecule has 0 saturated heterocycles. The van der Waals surface area contributed by atoms with Gasteiger partial charge in [0.15, 0.2) is 11.6 Å². The van der Waals surface area contributed by atoms with E-state index in [0.29, 0.717) is 0 Å². The van der Waals surface area contributed by atoms with Crippen LogP contribution >= 0.6 is 0 Å². The van der Waals surface area contributed by atoms with Crippen molar-refractivity contribution in [2.45, 2.75) is 19.7 Å². The van der Waals surface area contributed by atoms with Gasteiger partial charge in [-0.1, -0.05) is 6.07 Å². The van der Waals surface area contributed by atoms with Crippen LogP contribution in [0.5, 0.6) is 5.75 Å². The highest BCUT2D eigenvalue weighted by molar-refractivity contribution is 5.72. The third-order valence-corrected chi connectivity index (χ3v) is 1.88. The molecule has 0 amide bonds. The Morgan fingerprint density at radius 2 is 2.00 bits per heavy atom.